The van der Waals surface area contributed by atoms with E-state index in [2.05, 4.69) is 10.3 Å². The molecule has 2 heterocycles. The van der Waals surface area contributed by atoms with Crippen molar-refractivity contribution in [3.63, 3.8) is 0 Å². The van der Waals surface area contributed by atoms with E-state index in [1.807, 2.05) is 0 Å². The van der Waals surface area contributed by atoms with Gasteiger partial charge in [-0.3, -0.25) is 4.79 Å². The molecule has 1 N–H and O–H groups in total. The minimum absolute atomic E-state index is 0.0303. The summed E-state index contributed by atoms with van der Waals surface area (Å²) < 4.78 is 6.85. The number of aromatic nitrogens is 2. The summed E-state index contributed by atoms with van der Waals surface area (Å²) in [6, 6.07) is 1.58. The Hall–Kier alpha value is -1.79. The quantitative estimate of drug-likeness (QED) is 0.866. The zero-order valence-corrected chi connectivity index (χ0v) is 13.8. The number of rotatable bonds is 4. The van der Waals surface area contributed by atoms with Gasteiger partial charge in [-0.2, -0.15) is 0 Å². The van der Waals surface area contributed by atoms with Crippen LogP contribution in [0.4, 0.5) is 0 Å². The molecule has 0 spiro atoms. The second kappa shape index (κ2) is 6.14. The lowest BCUT2D eigenvalue weighted by atomic mass is 10.1. The zero-order valence-electron chi connectivity index (χ0n) is 12.3. The summed E-state index contributed by atoms with van der Waals surface area (Å²) in [5.41, 5.74) is -0.0549. The van der Waals surface area contributed by atoms with Crippen LogP contribution in [0.5, 0.6) is 0 Å². The molecule has 22 heavy (non-hydrogen) atoms. The molecule has 0 radical (unpaired) electrons. The molecular weight excluding hydrogens is 329 g/mol. The van der Waals surface area contributed by atoms with Crippen LogP contribution in [-0.2, 0) is 20.9 Å². The van der Waals surface area contributed by atoms with Crippen molar-refractivity contribution in [1.82, 2.24) is 14.7 Å². The molecule has 0 unspecified atom stereocenters. The van der Waals surface area contributed by atoms with Crippen LogP contribution in [-0.4, -0.2) is 26.8 Å². The highest BCUT2D eigenvalue weighted by atomic mass is 35.5. The minimum Gasteiger partial charge on any atom is -0.457 e. The predicted octanol–water partition coefficient (Wildman–Crippen LogP) is 2.60. The first-order valence-corrected chi connectivity index (χ1v) is 7.23. The van der Waals surface area contributed by atoms with Gasteiger partial charge >= 0.3 is 5.97 Å². The number of nitrogens with zero attached hydrogens (tertiary/aromatic N) is 2. The summed E-state index contributed by atoms with van der Waals surface area (Å²) in [4.78, 5) is 27.3. The molecule has 0 aliphatic carbocycles. The maximum atomic E-state index is 12.0. The number of carbonyl (C=O) groups excluding carboxylic acids is 2. The van der Waals surface area contributed by atoms with Gasteiger partial charge in [0.25, 0.3) is 0 Å². The second-order valence-corrected chi connectivity index (χ2v) is 6.20. The largest absolute Gasteiger partial charge is 0.457 e. The third-order valence-electron chi connectivity index (χ3n) is 2.87. The van der Waals surface area contributed by atoms with Crippen LogP contribution in [0.25, 0.3) is 5.65 Å². The van der Waals surface area contributed by atoms with Crippen molar-refractivity contribution in [3.05, 3.63) is 34.2 Å². The maximum absolute atomic E-state index is 12.0. The Kier molecular flexibility index (Phi) is 4.63. The Morgan fingerprint density at radius 1 is 1.36 bits per heavy atom. The molecule has 118 valence electrons. The normalized spacial score (nSPS) is 11.5. The van der Waals surface area contributed by atoms with Crippen LogP contribution < -0.4 is 5.32 Å². The van der Waals surface area contributed by atoms with Gasteiger partial charge in [-0.05, 0) is 19.9 Å². The number of imidazole rings is 1. The van der Waals surface area contributed by atoms with Crippen molar-refractivity contribution in [2.24, 2.45) is 0 Å². The molecule has 2 aromatic heterocycles. The molecule has 0 aromatic carbocycles. The fourth-order valence-electron chi connectivity index (χ4n) is 1.96. The van der Waals surface area contributed by atoms with E-state index in [0.717, 1.165) is 0 Å². The summed E-state index contributed by atoms with van der Waals surface area (Å²) in [5.74, 6) is -0.861. The van der Waals surface area contributed by atoms with Gasteiger partial charge in [-0.15, -0.1) is 0 Å². The monoisotopic (exact) mass is 343 g/mol. The number of hydrogen-bond donors (Lipinski definition) is 1. The van der Waals surface area contributed by atoms with Gasteiger partial charge in [0.1, 0.15) is 12.1 Å². The molecule has 8 heteroatoms. The highest BCUT2D eigenvalue weighted by molar-refractivity contribution is 6.36. The van der Waals surface area contributed by atoms with Crippen LogP contribution in [0.1, 0.15) is 26.5 Å². The first-order chi connectivity index (χ1) is 10.2. The molecule has 6 nitrogen and oxygen atoms in total. The van der Waals surface area contributed by atoms with Crippen LogP contribution in [0.3, 0.4) is 0 Å². The predicted molar refractivity (Wildman–Crippen MR) is 82.9 cm³/mol. The van der Waals surface area contributed by atoms with Gasteiger partial charge in [0.15, 0.2) is 5.65 Å². The van der Waals surface area contributed by atoms with Crippen LogP contribution >= 0.6 is 23.2 Å². The molecule has 0 aliphatic heterocycles. The van der Waals surface area contributed by atoms with Crippen LogP contribution in [0.2, 0.25) is 10.0 Å². The SMILES string of the molecule is CC(=O)NC(C)(C)C(=O)OCc1cn2cc(Cl)cc(Cl)c2n1. The summed E-state index contributed by atoms with van der Waals surface area (Å²) in [6.45, 7) is 4.44. The van der Waals surface area contributed by atoms with Crippen molar-refractivity contribution in [1.29, 1.82) is 0 Å². The first-order valence-electron chi connectivity index (χ1n) is 6.47. The highest BCUT2D eigenvalue weighted by Gasteiger charge is 2.30. The van der Waals surface area contributed by atoms with E-state index in [1.54, 1.807) is 36.7 Å². The van der Waals surface area contributed by atoms with E-state index in [0.29, 0.717) is 21.4 Å². The van der Waals surface area contributed by atoms with Gasteiger partial charge in [-0.25, -0.2) is 9.78 Å². The summed E-state index contributed by atoms with van der Waals surface area (Å²) >= 11 is 12.0. The highest BCUT2D eigenvalue weighted by Crippen LogP contribution is 2.22. The zero-order chi connectivity index (χ0) is 16.5. The molecule has 0 atom stereocenters. The number of amides is 1. The third-order valence-corrected chi connectivity index (χ3v) is 3.36. The lowest BCUT2D eigenvalue weighted by Crippen LogP contribution is -2.49. The smallest absolute Gasteiger partial charge is 0.331 e. The molecule has 0 saturated heterocycles. The van der Waals surface area contributed by atoms with Gasteiger partial charge < -0.3 is 14.5 Å². The molecule has 0 saturated carbocycles. The van der Waals surface area contributed by atoms with E-state index < -0.39 is 11.5 Å². The van der Waals surface area contributed by atoms with E-state index >= 15 is 0 Å². The molecule has 0 aliphatic rings. The van der Waals surface area contributed by atoms with Crippen LogP contribution in [0, 0.1) is 0 Å². The number of fused-ring (bicyclic) bond motifs is 1. The third kappa shape index (κ3) is 3.69. The van der Waals surface area contributed by atoms with Gasteiger partial charge in [0.2, 0.25) is 5.91 Å². The number of esters is 1. The van der Waals surface area contributed by atoms with E-state index in [-0.39, 0.29) is 12.5 Å². The number of pyridine rings is 1. The molecule has 0 bridgehead atoms. The molecule has 2 aromatic rings. The summed E-state index contributed by atoms with van der Waals surface area (Å²) in [5, 5.41) is 3.40. The van der Waals surface area contributed by atoms with E-state index in [1.165, 1.54) is 6.92 Å². The fourth-order valence-corrected chi connectivity index (χ4v) is 2.48. The number of halogens is 2. The molecule has 1 amide bonds. The topological polar surface area (TPSA) is 72.7 Å². The second-order valence-electron chi connectivity index (χ2n) is 5.35. The number of hydrogen-bond acceptors (Lipinski definition) is 4. The molecule has 0 fully saturated rings. The minimum atomic E-state index is -1.11. The number of nitrogens with one attached hydrogen (secondary N) is 1. The average molecular weight is 344 g/mol. The summed E-state index contributed by atoms with van der Waals surface area (Å²) in [6.07, 6.45) is 3.33. The van der Waals surface area contributed by atoms with Crippen molar-refractivity contribution in [2.75, 3.05) is 0 Å². The molecule has 2 rings (SSSR count). The Morgan fingerprint density at radius 2 is 2.05 bits per heavy atom. The summed E-state index contributed by atoms with van der Waals surface area (Å²) in [7, 11) is 0. The van der Waals surface area contributed by atoms with Crippen LogP contribution in [0.15, 0.2) is 18.5 Å². The number of ether oxygens (including phenoxy) is 1. The Bertz CT molecular complexity index is 740. The van der Waals surface area contributed by atoms with E-state index in [4.69, 9.17) is 27.9 Å². The Morgan fingerprint density at radius 3 is 2.68 bits per heavy atom. The van der Waals surface area contributed by atoms with Crippen molar-refractivity contribution < 1.29 is 14.3 Å². The Balaban J connectivity index is 2.10. The lowest BCUT2D eigenvalue weighted by molar-refractivity contribution is -0.153. The van der Waals surface area contributed by atoms with Crippen molar-refractivity contribution in [2.45, 2.75) is 32.9 Å². The van der Waals surface area contributed by atoms with E-state index in [9.17, 15) is 9.59 Å². The Labute approximate surface area is 137 Å². The fraction of sp³-hybridized carbons (Fsp3) is 0.357. The standard InChI is InChI=1S/C14H15Cl2N3O3/c1-8(20)18-14(2,3)13(21)22-7-10-6-19-5-9(15)4-11(16)12(19)17-10/h4-6H,7H2,1-3H3,(H,18,20). The van der Waals surface area contributed by atoms with Crippen molar-refractivity contribution in [3.8, 4) is 0 Å². The lowest BCUT2D eigenvalue weighted by Gasteiger charge is -2.22. The van der Waals surface area contributed by atoms with Gasteiger partial charge in [-0.1, -0.05) is 23.2 Å². The maximum Gasteiger partial charge on any atom is 0.331 e. The first kappa shape index (κ1) is 16.6. The van der Waals surface area contributed by atoms with Gasteiger partial charge in [0.05, 0.1) is 15.7 Å². The van der Waals surface area contributed by atoms with Crippen molar-refractivity contribution >= 4 is 40.7 Å². The average Bonchev–Trinajstić information content (AvgIpc) is 2.77. The number of carbonyl (C=O) groups is 2. The molecular formula is C14H15Cl2N3O3. The van der Waals surface area contributed by atoms with Gasteiger partial charge in [0, 0.05) is 19.3 Å².